The Morgan fingerprint density at radius 2 is 1.97 bits per heavy atom. The molecule has 0 aromatic heterocycles. The van der Waals surface area contributed by atoms with Crippen LogP contribution in [0.25, 0.3) is 21.9 Å². The van der Waals surface area contributed by atoms with Gasteiger partial charge in [0.1, 0.15) is 0 Å². The number of carbonyl (C=O) groups excluding carboxylic acids is 1. The van der Waals surface area contributed by atoms with Gasteiger partial charge in [0, 0.05) is 24.7 Å². The van der Waals surface area contributed by atoms with Crippen molar-refractivity contribution in [2.45, 2.75) is 32.4 Å². The fraction of sp³-hybridized carbons (Fsp3) is 0.320. The van der Waals surface area contributed by atoms with Gasteiger partial charge in [-0.25, -0.2) is 0 Å². The molecule has 0 spiro atoms. The van der Waals surface area contributed by atoms with Crippen molar-refractivity contribution in [1.82, 2.24) is 10.2 Å². The number of amides is 1. The first kappa shape index (κ1) is 19.6. The Kier molecular flexibility index (Phi) is 5.93. The van der Waals surface area contributed by atoms with Gasteiger partial charge in [0.25, 0.3) is 5.91 Å². The molecule has 1 heterocycles. The summed E-state index contributed by atoms with van der Waals surface area (Å²) in [5.74, 6) is 0.00736. The first-order valence-corrected chi connectivity index (χ1v) is 10.4. The Hall–Kier alpha value is -2.69. The number of rotatable bonds is 6. The average molecular weight is 389 g/mol. The number of hydrogen-bond donors (Lipinski definition) is 2. The zero-order valence-corrected chi connectivity index (χ0v) is 16.9. The van der Waals surface area contributed by atoms with Gasteiger partial charge in [-0.15, -0.1) is 0 Å². The first-order valence-electron chi connectivity index (χ1n) is 10.4. The van der Waals surface area contributed by atoms with Gasteiger partial charge < -0.3 is 15.3 Å². The van der Waals surface area contributed by atoms with Crippen LogP contribution in [-0.4, -0.2) is 41.6 Å². The second-order valence-electron chi connectivity index (χ2n) is 7.86. The Morgan fingerprint density at radius 1 is 1.14 bits per heavy atom. The predicted octanol–water partition coefficient (Wildman–Crippen LogP) is 4.21. The Bertz CT molecular complexity index is 997. The van der Waals surface area contributed by atoms with E-state index in [9.17, 15) is 9.90 Å². The second-order valence-corrected chi connectivity index (χ2v) is 7.86. The number of aliphatic hydroxyl groups excluding tert-OH is 1. The molecular formula is C25H28N2O2. The standard InChI is InChI=1S/C25H28N2O2/c1-2-13-27-14-12-22(16-27)26-25(29)21-10-11-24-20(15-21)4-3-5-23(24)19-8-6-18(17-28)7-9-19/h3-11,15,22,28H,2,12-14,16-17H2,1H3,(H,26,29). The van der Waals surface area contributed by atoms with Crippen LogP contribution in [0, 0.1) is 0 Å². The lowest BCUT2D eigenvalue weighted by atomic mass is 9.96. The lowest BCUT2D eigenvalue weighted by Crippen LogP contribution is -2.37. The molecule has 150 valence electrons. The van der Waals surface area contributed by atoms with E-state index in [2.05, 4.69) is 29.3 Å². The van der Waals surface area contributed by atoms with E-state index in [0.717, 1.165) is 59.9 Å². The normalized spacial score (nSPS) is 17.0. The highest BCUT2D eigenvalue weighted by Crippen LogP contribution is 2.29. The maximum absolute atomic E-state index is 12.8. The monoisotopic (exact) mass is 388 g/mol. The van der Waals surface area contributed by atoms with Crippen molar-refractivity contribution in [3.05, 3.63) is 71.8 Å². The fourth-order valence-corrected chi connectivity index (χ4v) is 4.20. The SMILES string of the molecule is CCCN1CCC(NC(=O)c2ccc3c(-c4ccc(CO)cc4)cccc3c2)C1. The highest BCUT2D eigenvalue weighted by Gasteiger charge is 2.23. The molecule has 4 heteroatoms. The van der Waals surface area contributed by atoms with Crippen molar-refractivity contribution < 1.29 is 9.90 Å². The Labute approximate surface area is 172 Å². The zero-order chi connectivity index (χ0) is 20.2. The van der Waals surface area contributed by atoms with E-state index in [1.54, 1.807) is 0 Å². The predicted molar refractivity (Wildman–Crippen MR) is 118 cm³/mol. The van der Waals surface area contributed by atoms with Crippen LogP contribution >= 0.6 is 0 Å². The van der Waals surface area contributed by atoms with E-state index in [1.807, 2.05) is 48.5 Å². The van der Waals surface area contributed by atoms with Crippen LogP contribution in [0.5, 0.6) is 0 Å². The van der Waals surface area contributed by atoms with E-state index in [1.165, 1.54) is 0 Å². The summed E-state index contributed by atoms with van der Waals surface area (Å²) in [6.45, 7) is 5.35. The summed E-state index contributed by atoms with van der Waals surface area (Å²) in [4.78, 5) is 15.2. The summed E-state index contributed by atoms with van der Waals surface area (Å²) < 4.78 is 0. The molecule has 4 rings (SSSR count). The number of aliphatic hydroxyl groups is 1. The van der Waals surface area contributed by atoms with Crippen molar-refractivity contribution in [3.8, 4) is 11.1 Å². The maximum Gasteiger partial charge on any atom is 0.251 e. The second kappa shape index (κ2) is 8.76. The molecule has 0 bridgehead atoms. The zero-order valence-electron chi connectivity index (χ0n) is 16.9. The summed E-state index contributed by atoms with van der Waals surface area (Å²) in [5, 5.41) is 14.6. The van der Waals surface area contributed by atoms with E-state index < -0.39 is 0 Å². The maximum atomic E-state index is 12.8. The molecule has 0 radical (unpaired) electrons. The van der Waals surface area contributed by atoms with Crippen LogP contribution in [0.2, 0.25) is 0 Å². The lowest BCUT2D eigenvalue weighted by molar-refractivity contribution is 0.0938. The molecule has 1 aliphatic rings. The molecule has 3 aromatic carbocycles. The van der Waals surface area contributed by atoms with Crippen LogP contribution in [0.4, 0.5) is 0 Å². The van der Waals surface area contributed by atoms with Gasteiger partial charge in [0.2, 0.25) is 0 Å². The molecule has 0 aliphatic carbocycles. The number of benzene rings is 3. The molecule has 1 atom stereocenters. The summed E-state index contributed by atoms with van der Waals surface area (Å²) in [6, 6.07) is 20.3. The van der Waals surface area contributed by atoms with Crippen LogP contribution in [-0.2, 0) is 6.61 Å². The number of nitrogens with zero attached hydrogens (tertiary/aromatic N) is 1. The van der Waals surface area contributed by atoms with Crippen molar-refractivity contribution in [2.75, 3.05) is 19.6 Å². The van der Waals surface area contributed by atoms with Crippen molar-refractivity contribution in [3.63, 3.8) is 0 Å². The van der Waals surface area contributed by atoms with E-state index in [0.29, 0.717) is 5.56 Å². The number of carbonyl (C=O) groups is 1. The molecule has 29 heavy (non-hydrogen) atoms. The molecule has 1 saturated heterocycles. The molecule has 2 N–H and O–H groups in total. The van der Waals surface area contributed by atoms with Crippen molar-refractivity contribution >= 4 is 16.7 Å². The summed E-state index contributed by atoms with van der Waals surface area (Å²) in [6.07, 6.45) is 2.17. The minimum atomic E-state index is 0.00736. The third-order valence-electron chi connectivity index (χ3n) is 5.74. The molecule has 1 aliphatic heterocycles. The van der Waals surface area contributed by atoms with Crippen LogP contribution in [0.1, 0.15) is 35.7 Å². The van der Waals surface area contributed by atoms with E-state index in [4.69, 9.17) is 0 Å². The fourth-order valence-electron chi connectivity index (χ4n) is 4.20. The van der Waals surface area contributed by atoms with Crippen LogP contribution in [0.3, 0.4) is 0 Å². The Morgan fingerprint density at radius 3 is 2.72 bits per heavy atom. The summed E-state index contributed by atoms with van der Waals surface area (Å²) in [5.41, 5.74) is 3.84. The third kappa shape index (κ3) is 4.34. The number of hydrogen-bond acceptors (Lipinski definition) is 3. The first-order chi connectivity index (χ1) is 14.2. The van der Waals surface area contributed by atoms with Gasteiger partial charge in [0.05, 0.1) is 6.61 Å². The molecule has 0 saturated carbocycles. The van der Waals surface area contributed by atoms with Gasteiger partial charge in [-0.2, -0.15) is 0 Å². The van der Waals surface area contributed by atoms with Gasteiger partial charge in [-0.3, -0.25) is 4.79 Å². The minimum absolute atomic E-state index is 0.00736. The van der Waals surface area contributed by atoms with Gasteiger partial charge >= 0.3 is 0 Å². The number of likely N-dealkylation sites (tertiary alicyclic amines) is 1. The molecule has 1 amide bonds. The highest BCUT2D eigenvalue weighted by molar-refractivity contribution is 6.02. The molecular weight excluding hydrogens is 360 g/mol. The van der Waals surface area contributed by atoms with Crippen LogP contribution in [0.15, 0.2) is 60.7 Å². The van der Waals surface area contributed by atoms with Gasteiger partial charge in [0.15, 0.2) is 0 Å². The molecule has 1 fully saturated rings. The van der Waals surface area contributed by atoms with Gasteiger partial charge in [-0.05, 0) is 59.0 Å². The summed E-state index contributed by atoms with van der Waals surface area (Å²) >= 11 is 0. The topological polar surface area (TPSA) is 52.6 Å². The highest BCUT2D eigenvalue weighted by atomic mass is 16.3. The average Bonchev–Trinajstić information content (AvgIpc) is 3.20. The van der Waals surface area contributed by atoms with Crippen molar-refractivity contribution in [2.24, 2.45) is 0 Å². The quantitative estimate of drug-likeness (QED) is 0.665. The van der Waals surface area contributed by atoms with E-state index >= 15 is 0 Å². The minimum Gasteiger partial charge on any atom is -0.392 e. The molecule has 4 nitrogen and oxygen atoms in total. The van der Waals surface area contributed by atoms with Crippen molar-refractivity contribution in [1.29, 1.82) is 0 Å². The summed E-state index contributed by atoms with van der Waals surface area (Å²) in [7, 11) is 0. The third-order valence-corrected chi connectivity index (χ3v) is 5.74. The molecule has 3 aromatic rings. The van der Waals surface area contributed by atoms with Gasteiger partial charge in [-0.1, -0.05) is 55.5 Å². The Balaban J connectivity index is 1.54. The number of fused-ring (bicyclic) bond motifs is 1. The lowest BCUT2D eigenvalue weighted by Gasteiger charge is -2.16. The smallest absolute Gasteiger partial charge is 0.251 e. The van der Waals surface area contributed by atoms with E-state index in [-0.39, 0.29) is 18.6 Å². The van der Waals surface area contributed by atoms with Crippen LogP contribution < -0.4 is 5.32 Å². The largest absolute Gasteiger partial charge is 0.392 e. The number of nitrogens with one attached hydrogen (secondary N) is 1. The molecule has 1 unspecified atom stereocenters.